The average molecular weight is 271 g/mol. The minimum absolute atomic E-state index is 0. The third-order valence-electron chi connectivity index (χ3n) is 3.22. The zero-order chi connectivity index (χ0) is 12.3. The van der Waals surface area contributed by atoms with E-state index in [1.165, 1.54) is 19.3 Å². The summed E-state index contributed by atoms with van der Waals surface area (Å²) in [7, 11) is 2.07. The minimum Gasteiger partial charge on any atom is -0.342 e. The standard InChI is InChI=1S/C13H22N4.ClH/c1-10-8-11(2)16-13(15-10)17(3)9-12-6-4-5-7-14-12;/h8,12,14H,4-7,9H2,1-3H3;1H. The number of nitrogens with zero attached hydrogens (tertiary/aromatic N) is 3. The van der Waals surface area contributed by atoms with Crippen LogP contribution in [0, 0.1) is 13.8 Å². The molecule has 2 rings (SSSR count). The topological polar surface area (TPSA) is 41.1 Å². The molecule has 0 amide bonds. The van der Waals surface area contributed by atoms with E-state index in [4.69, 9.17) is 0 Å². The quantitative estimate of drug-likeness (QED) is 0.913. The summed E-state index contributed by atoms with van der Waals surface area (Å²) in [5.74, 6) is 0.842. The van der Waals surface area contributed by atoms with E-state index in [1.807, 2.05) is 19.9 Å². The van der Waals surface area contributed by atoms with Gasteiger partial charge in [0.15, 0.2) is 0 Å². The van der Waals surface area contributed by atoms with E-state index in [9.17, 15) is 0 Å². The molecule has 1 atom stereocenters. The van der Waals surface area contributed by atoms with Gasteiger partial charge in [0.2, 0.25) is 5.95 Å². The predicted molar refractivity (Wildman–Crippen MR) is 77.7 cm³/mol. The Labute approximate surface area is 116 Å². The largest absolute Gasteiger partial charge is 0.342 e. The number of halogens is 1. The van der Waals surface area contributed by atoms with Crippen molar-refractivity contribution >= 4 is 18.4 Å². The summed E-state index contributed by atoms with van der Waals surface area (Å²) < 4.78 is 0. The highest BCUT2D eigenvalue weighted by molar-refractivity contribution is 5.85. The molecular weight excluding hydrogens is 248 g/mol. The summed E-state index contributed by atoms with van der Waals surface area (Å²) in [6.45, 7) is 6.17. The molecule has 1 unspecified atom stereocenters. The van der Waals surface area contributed by atoms with Gasteiger partial charge in [-0.3, -0.25) is 0 Å². The molecule has 0 spiro atoms. The van der Waals surface area contributed by atoms with Gasteiger partial charge in [-0.1, -0.05) is 6.42 Å². The van der Waals surface area contributed by atoms with Crippen LogP contribution in [-0.2, 0) is 0 Å². The molecule has 102 valence electrons. The highest BCUT2D eigenvalue weighted by atomic mass is 35.5. The lowest BCUT2D eigenvalue weighted by molar-refractivity contribution is 0.402. The van der Waals surface area contributed by atoms with Crippen LogP contribution in [0.5, 0.6) is 0 Å². The van der Waals surface area contributed by atoms with Crippen molar-refractivity contribution in [2.24, 2.45) is 0 Å². The first-order valence-corrected chi connectivity index (χ1v) is 6.42. The molecule has 0 radical (unpaired) electrons. The van der Waals surface area contributed by atoms with E-state index >= 15 is 0 Å². The molecule has 1 fully saturated rings. The summed E-state index contributed by atoms with van der Waals surface area (Å²) in [5.41, 5.74) is 2.08. The number of aryl methyl sites for hydroxylation is 2. The van der Waals surface area contributed by atoms with E-state index < -0.39 is 0 Å². The molecule has 2 heterocycles. The maximum absolute atomic E-state index is 4.49. The van der Waals surface area contributed by atoms with Gasteiger partial charge in [-0.25, -0.2) is 9.97 Å². The Hall–Kier alpha value is -0.870. The lowest BCUT2D eigenvalue weighted by atomic mass is 10.0. The molecule has 0 saturated carbocycles. The maximum atomic E-state index is 4.49. The van der Waals surface area contributed by atoms with Gasteiger partial charge in [0.05, 0.1) is 0 Å². The van der Waals surface area contributed by atoms with Crippen LogP contribution in [0.15, 0.2) is 6.07 Å². The first-order chi connectivity index (χ1) is 8.15. The van der Waals surface area contributed by atoms with Crippen molar-refractivity contribution in [3.05, 3.63) is 17.5 Å². The second-order valence-electron chi connectivity index (χ2n) is 4.98. The van der Waals surface area contributed by atoms with Gasteiger partial charge < -0.3 is 10.2 Å². The Balaban J connectivity index is 0.00000162. The van der Waals surface area contributed by atoms with Crippen molar-refractivity contribution in [1.29, 1.82) is 0 Å². The summed E-state index contributed by atoms with van der Waals surface area (Å²) in [6, 6.07) is 2.59. The Morgan fingerprint density at radius 3 is 2.50 bits per heavy atom. The summed E-state index contributed by atoms with van der Waals surface area (Å²) in [4.78, 5) is 11.1. The zero-order valence-electron chi connectivity index (χ0n) is 11.4. The van der Waals surface area contributed by atoms with Crippen LogP contribution in [0.4, 0.5) is 5.95 Å². The number of likely N-dealkylation sites (N-methyl/N-ethyl adjacent to an activating group) is 1. The van der Waals surface area contributed by atoms with Crippen LogP contribution < -0.4 is 10.2 Å². The molecule has 18 heavy (non-hydrogen) atoms. The fourth-order valence-electron chi connectivity index (χ4n) is 2.37. The molecular formula is C13H23ClN4. The second-order valence-corrected chi connectivity index (χ2v) is 4.98. The van der Waals surface area contributed by atoms with Gasteiger partial charge >= 0.3 is 0 Å². The lowest BCUT2D eigenvalue weighted by Crippen LogP contribution is -2.43. The smallest absolute Gasteiger partial charge is 0.225 e. The van der Waals surface area contributed by atoms with E-state index in [-0.39, 0.29) is 12.4 Å². The molecule has 1 aromatic heterocycles. The van der Waals surface area contributed by atoms with Crippen molar-refractivity contribution in [2.75, 3.05) is 25.0 Å². The SMILES string of the molecule is Cc1cc(C)nc(N(C)CC2CCCCN2)n1.Cl. The number of rotatable bonds is 3. The van der Waals surface area contributed by atoms with Crippen LogP contribution in [0.2, 0.25) is 0 Å². The fraction of sp³-hybridized carbons (Fsp3) is 0.692. The van der Waals surface area contributed by atoms with Gasteiger partial charge in [0.25, 0.3) is 0 Å². The monoisotopic (exact) mass is 270 g/mol. The van der Waals surface area contributed by atoms with Crippen LogP contribution >= 0.6 is 12.4 Å². The molecule has 4 nitrogen and oxygen atoms in total. The van der Waals surface area contributed by atoms with Gasteiger partial charge in [-0.2, -0.15) is 0 Å². The Bertz CT molecular complexity index is 357. The normalized spacial score (nSPS) is 19.2. The third-order valence-corrected chi connectivity index (χ3v) is 3.22. The molecule has 1 aromatic rings. The summed E-state index contributed by atoms with van der Waals surface area (Å²) in [6.07, 6.45) is 3.90. The molecule has 0 aliphatic carbocycles. The summed E-state index contributed by atoms with van der Waals surface area (Å²) >= 11 is 0. The van der Waals surface area contributed by atoms with E-state index in [2.05, 4.69) is 27.2 Å². The molecule has 1 N–H and O–H groups in total. The maximum Gasteiger partial charge on any atom is 0.225 e. The molecule has 1 aliphatic heterocycles. The summed E-state index contributed by atoms with van der Waals surface area (Å²) in [5, 5.41) is 3.55. The number of hydrogen-bond acceptors (Lipinski definition) is 4. The second kappa shape index (κ2) is 6.90. The first-order valence-electron chi connectivity index (χ1n) is 6.42. The van der Waals surface area contributed by atoms with Gasteiger partial charge in [-0.05, 0) is 39.3 Å². The van der Waals surface area contributed by atoms with Crippen LogP contribution in [-0.4, -0.2) is 36.1 Å². The number of hydrogen-bond donors (Lipinski definition) is 1. The predicted octanol–water partition coefficient (Wildman–Crippen LogP) is 2.09. The fourth-order valence-corrected chi connectivity index (χ4v) is 2.37. The zero-order valence-corrected chi connectivity index (χ0v) is 12.3. The van der Waals surface area contributed by atoms with Crippen LogP contribution in [0.1, 0.15) is 30.7 Å². The lowest BCUT2D eigenvalue weighted by Gasteiger charge is -2.28. The third kappa shape index (κ3) is 4.10. The van der Waals surface area contributed by atoms with Gasteiger partial charge in [0.1, 0.15) is 0 Å². The first kappa shape index (κ1) is 15.2. The van der Waals surface area contributed by atoms with E-state index in [0.717, 1.165) is 30.4 Å². The molecule has 5 heteroatoms. The Morgan fingerprint density at radius 2 is 1.94 bits per heavy atom. The van der Waals surface area contributed by atoms with Crippen molar-refractivity contribution in [3.8, 4) is 0 Å². The van der Waals surface area contributed by atoms with Crippen molar-refractivity contribution in [3.63, 3.8) is 0 Å². The van der Waals surface area contributed by atoms with Gasteiger partial charge in [0, 0.05) is 31.0 Å². The van der Waals surface area contributed by atoms with Crippen molar-refractivity contribution < 1.29 is 0 Å². The highest BCUT2D eigenvalue weighted by Crippen LogP contribution is 2.12. The number of aromatic nitrogens is 2. The van der Waals surface area contributed by atoms with Gasteiger partial charge in [-0.15, -0.1) is 12.4 Å². The number of anilines is 1. The molecule has 0 aromatic carbocycles. The number of piperidine rings is 1. The Kier molecular flexibility index (Phi) is 5.82. The Morgan fingerprint density at radius 1 is 1.28 bits per heavy atom. The molecule has 0 bridgehead atoms. The molecule has 1 saturated heterocycles. The van der Waals surface area contributed by atoms with Crippen LogP contribution in [0.3, 0.4) is 0 Å². The van der Waals surface area contributed by atoms with Crippen molar-refractivity contribution in [1.82, 2.24) is 15.3 Å². The average Bonchev–Trinajstić information content (AvgIpc) is 2.29. The van der Waals surface area contributed by atoms with Crippen molar-refractivity contribution in [2.45, 2.75) is 39.2 Å². The minimum atomic E-state index is 0. The molecule has 1 aliphatic rings. The van der Waals surface area contributed by atoms with E-state index in [0.29, 0.717) is 6.04 Å². The van der Waals surface area contributed by atoms with Crippen LogP contribution in [0.25, 0.3) is 0 Å². The number of nitrogens with one attached hydrogen (secondary N) is 1. The highest BCUT2D eigenvalue weighted by Gasteiger charge is 2.16. The van der Waals surface area contributed by atoms with E-state index in [1.54, 1.807) is 0 Å².